The normalized spacial score (nSPS) is 24.0. The highest BCUT2D eigenvalue weighted by molar-refractivity contribution is 5.99. The lowest BCUT2D eigenvalue weighted by molar-refractivity contribution is -0.0399. The van der Waals surface area contributed by atoms with Gasteiger partial charge in [0.2, 0.25) is 0 Å². The second-order valence-electron chi connectivity index (χ2n) is 20.4. The predicted octanol–water partition coefficient (Wildman–Crippen LogP) is 15.5. The Morgan fingerprint density at radius 3 is 1.56 bits per heavy atom. The third-order valence-corrected chi connectivity index (χ3v) is 17.3. The molecule has 4 bridgehead atoms. The van der Waals surface area contributed by atoms with Crippen molar-refractivity contribution in [2.75, 3.05) is 4.90 Å². The molecule has 7 aliphatic carbocycles. The highest BCUT2D eigenvalue weighted by Gasteiger charge is 2.61. The van der Waals surface area contributed by atoms with Gasteiger partial charge in [0.05, 0.1) is 11.1 Å². The maximum Gasteiger partial charge on any atom is 0.0720 e. The maximum absolute atomic E-state index is 2.60. The summed E-state index contributed by atoms with van der Waals surface area (Å²) < 4.78 is 0. The third-order valence-electron chi connectivity index (χ3n) is 17.3. The van der Waals surface area contributed by atoms with E-state index in [1.807, 2.05) is 0 Å². The molecule has 4 saturated carbocycles. The molecule has 63 heavy (non-hydrogen) atoms. The van der Waals surface area contributed by atoms with Crippen LogP contribution in [0.4, 0.5) is 17.1 Å². The molecule has 1 nitrogen and oxygen atoms in total. The minimum atomic E-state index is -0.462. The van der Waals surface area contributed by atoms with Gasteiger partial charge in [-0.1, -0.05) is 172 Å². The summed E-state index contributed by atoms with van der Waals surface area (Å²) in [6.07, 6.45) is 7.04. The van der Waals surface area contributed by atoms with Crippen molar-refractivity contribution in [1.82, 2.24) is 0 Å². The number of anilines is 3. The van der Waals surface area contributed by atoms with E-state index >= 15 is 0 Å². The Balaban J connectivity index is 1.03. The predicted molar refractivity (Wildman–Crippen MR) is 259 cm³/mol. The van der Waals surface area contributed by atoms with Gasteiger partial charge in [0, 0.05) is 27.8 Å². The van der Waals surface area contributed by atoms with E-state index in [-0.39, 0.29) is 10.8 Å². The molecule has 0 atom stereocenters. The minimum Gasteiger partial charge on any atom is -0.310 e. The van der Waals surface area contributed by atoms with Crippen LogP contribution in [0.3, 0.4) is 0 Å². The van der Waals surface area contributed by atoms with Crippen molar-refractivity contribution in [3.05, 3.63) is 233 Å². The molecule has 8 aromatic carbocycles. The average molecular weight is 810 g/mol. The van der Waals surface area contributed by atoms with Crippen molar-refractivity contribution in [2.45, 2.75) is 62.2 Å². The molecule has 304 valence electrons. The van der Waals surface area contributed by atoms with Crippen LogP contribution in [0.2, 0.25) is 0 Å². The van der Waals surface area contributed by atoms with Crippen LogP contribution in [0, 0.1) is 23.7 Å². The van der Waals surface area contributed by atoms with Gasteiger partial charge < -0.3 is 4.90 Å². The fourth-order valence-electron chi connectivity index (χ4n) is 15.2. The fourth-order valence-corrected chi connectivity index (χ4v) is 15.2. The highest BCUT2D eigenvalue weighted by atomic mass is 15.1. The first kappa shape index (κ1) is 36.1. The van der Waals surface area contributed by atoms with E-state index in [0.29, 0.717) is 0 Å². The summed E-state index contributed by atoms with van der Waals surface area (Å²) in [4.78, 5) is 2.60. The van der Waals surface area contributed by atoms with Crippen LogP contribution in [0.5, 0.6) is 0 Å². The number of hydrogen-bond acceptors (Lipinski definition) is 1. The van der Waals surface area contributed by atoms with Gasteiger partial charge >= 0.3 is 0 Å². The minimum absolute atomic E-state index is 0.134. The Bertz CT molecular complexity index is 3090. The molecule has 4 fully saturated rings. The molecule has 0 aliphatic heterocycles. The van der Waals surface area contributed by atoms with Gasteiger partial charge in [-0.05, 0) is 158 Å². The maximum atomic E-state index is 2.60. The monoisotopic (exact) mass is 809 g/mol. The quantitative estimate of drug-likeness (QED) is 0.171. The van der Waals surface area contributed by atoms with Crippen LogP contribution in [-0.2, 0) is 16.2 Å². The van der Waals surface area contributed by atoms with Gasteiger partial charge in [0.25, 0.3) is 0 Å². The Kier molecular flexibility index (Phi) is 7.35. The summed E-state index contributed by atoms with van der Waals surface area (Å²) in [5.41, 5.74) is 22.7. The van der Waals surface area contributed by atoms with E-state index in [2.05, 4.69) is 207 Å². The molecule has 0 unspecified atom stereocenters. The Morgan fingerprint density at radius 2 is 0.889 bits per heavy atom. The molecule has 0 aromatic heterocycles. The van der Waals surface area contributed by atoms with E-state index < -0.39 is 5.41 Å². The van der Waals surface area contributed by atoms with Crippen molar-refractivity contribution < 1.29 is 0 Å². The lowest BCUT2D eigenvalue weighted by atomic mass is 9.43. The van der Waals surface area contributed by atoms with Gasteiger partial charge in [-0.2, -0.15) is 0 Å². The summed E-state index contributed by atoms with van der Waals surface area (Å²) in [6, 6.07) is 72.5. The van der Waals surface area contributed by atoms with Crippen molar-refractivity contribution in [1.29, 1.82) is 0 Å². The summed E-state index contributed by atoms with van der Waals surface area (Å²) in [7, 11) is 0. The number of fused-ring (bicyclic) bond motifs is 12. The summed E-state index contributed by atoms with van der Waals surface area (Å²) >= 11 is 0. The molecule has 0 radical (unpaired) electrons. The van der Waals surface area contributed by atoms with E-state index in [1.165, 1.54) is 116 Å². The van der Waals surface area contributed by atoms with Crippen molar-refractivity contribution in [3.63, 3.8) is 0 Å². The first-order valence-corrected chi connectivity index (χ1v) is 23.6. The van der Waals surface area contributed by atoms with Crippen LogP contribution in [0.1, 0.15) is 90.5 Å². The van der Waals surface area contributed by atoms with E-state index in [1.54, 1.807) is 11.1 Å². The molecule has 0 N–H and O–H groups in total. The zero-order chi connectivity index (χ0) is 41.7. The van der Waals surface area contributed by atoms with Crippen molar-refractivity contribution >= 4 is 17.1 Å². The molecule has 15 rings (SSSR count). The molecular formula is C62H51N. The number of benzene rings is 8. The standard InChI is InChI=1S/C62H51N/c1-60(2)53-21-10-12-23-55(53)62(56-24-13-11-22-54(56)60)51-20-9-7-18-48(51)59-57(62)25-14-26-58(59)63(45-29-27-42(28-30-45)41-15-4-3-5-16-41)46-31-32-52-49(38-46)47-17-6-8-19-50(47)61(52)43-34-39-33-40(36-43)37-44(61)35-39/h3-32,38-40,43-44H,33-37H2,1-2H3. The van der Waals surface area contributed by atoms with Crippen LogP contribution in [0.15, 0.2) is 188 Å². The van der Waals surface area contributed by atoms with Gasteiger partial charge in [-0.3, -0.25) is 0 Å². The van der Waals surface area contributed by atoms with Crippen molar-refractivity contribution in [3.8, 4) is 33.4 Å². The molecule has 8 aromatic rings. The Hall–Kier alpha value is -6.44. The first-order chi connectivity index (χ1) is 31.0. The molecule has 7 aliphatic rings. The topological polar surface area (TPSA) is 3.24 Å². The second-order valence-corrected chi connectivity index (χ2v) is 20.4. The first-order valence-electron chi connectivity index (χ1n) is 23.6. The highest BCUT2D eigenvalue weighted by Crippen LogP contribution is 2.70. The molecule has 2 spiro atoms. The zero-order valence-corrected chi connectivity index (χ0v) is 36.2. The van der Waals surface area contributed by atoms with Crippen LogP contribution < -0.4 is 4.90 Å². The molecular weight excluding hydrogens is 759 g/mol. The lowest BCUT2D eigenvalue weighted by Gasteiger charge is -2.61. The number of rotatable bonds is 4. The summed E-state index contributed by atoms with van der Waals surface area (Å²) in [6.45, 7) is 4.83. The van der Waals surface area contributed by atoms with E-state index in [0.717, 1.165) is 23.7 Å². The Morgan fingerprint density at radius 1 is 0.381 bits per heavy atom. The van der Waals surface area contributed by atoms with Crippen LogP contribution >= 0.6 is 0 Å². The third kappa shape index (κ3) is 4.58. The largest absolute Gasteiger partial charge is 0.310 e. The number of hydrogen-bond donors (Lipinski definition) is 0. The van der Waals surface area contributed by atoms with Crippen LogP contribution in [-0.4, -0.2) is 0 Å². The molecule has 0 heterocycles. The van der Waals surface area contributed by atoms with Gasteiger partial charge in [0.1, 0.15) is 0 Å². The van der Waals surface area contributed by atoms with Crippen LogP contribution in [0.25, 0.3) is 33.4 Å². The van der Waals surface area contributed by atoms with E-state index in [9.17, 15) is 0 Å². The van der Waals surface area contributed by atoms with Gasteiger partial charge in [-0.15, -0.1) is 0 Å². The summed E-state index contributed by atoms with van der Waals surface area (Å²) in [5.74, 6) is 3.31. The summed E-state index contributed by atoms with van der Waals surface area (Å²) in [5, 5.41) is 0. The SMILES string of the molecule is CC1(C)c2ccccc2C2(c3ccccc3-c3c(N(c4ccc(-c5ccccc5)cc4)c4ccc5c(c4)-c4ccccc4C54C5CC6CC(C5)CC4C6)cccc32)c2ccccc21. The average Bonchev–Trinajstić information content (AvgIpc) is 3.79. The molecule has 0 amide bonds. The van der Waals surface area contributed by atoms with E-state index in [4.69, 9.17) is 0 Å². The fraction of sp³-hybridized carbons (Fsp3) is 0.226. The molecule has 0 saturated heterocycles. The van der Waals surface area contributed by atoms with Gasteiger partial charge in [-0.25, -0.2) is 0 Å². The van der Waals surface area contributed by atoms with Crippen molar-refractivity contribution in [2.24, 2.45) is 23.7 Å². The zero-order valence-electron chi connectivity index (χ0n) is 36.2. The second kappa shape index (κ2) is 12.8. The number of nitrogens with zero attached hydrogens (tertiary/aromatic N) is 1. The smallest absolute Gasteiger partial charge is 0.0720 e. The Labute approximate surface area is 372 Å². The molecule has 1 heteroatoms. The lowest BCUT2D eigenvalue weighted by Crippen LogP contribution is -2.55. The van der Waals surface area contributed by atoms with Gasteiger partial charge in [0.15, 0.2) is 0 Å².